The molecule has 2 rings (SSSR count). The quantitative estimate of drug-likeness (QED) is 0.741. The molecule has 0 unspecified atom stereocenters. The van der Waals surface area contributed by atoms with Crippen LogP contribution in [-0.4, -0.2) is 35.8 Å². The van der Waals surface area contributed by atoms with Crippen LogP contribution in [-0.2, 0) is 4.74 Å². The number of ether oxygens (including phenoxy) is 1. The molecule has 0 radical (unpaired) electrons. The smallest absolute Gasteiger partial charge is 0.117 e. The van der Waals surface area contributed by atoms with E-state index in [0.29, 0.717) is 13.2 Å². The fraction of sp³-hybridized carbons (Fsp3) is 0.417. The molecule has 17 heavy (non-hydrogen) atoms. The minimum atomic E-state index is 0.0902. The van der Waals surface area contributed by atoms with Crippen molar-refractivity contribution in [2.24, 2.45) is 0 Å². The topological polar surface area (TPSA) is 54.4 Å². The fourth-order valence-corrected chi connectivity index (χ4v) is 2.35. The predicted octanol–water partition coefficient (Wildman–Crippen LogP) is 2.11. The normalized spacial score (nSPS) is 10.9. The zero-order valence-electron chi connectivity index (χ0n) is 9.56. The molecule has 1 aromatic carbocycles. The van der Waals surface area contributed by atoms with E-state index < -0.39 is 0 Å². The SMILES string of the molecule is OCCOCCCNc1snc2ccccc12. The predicted molar refractivity (Wildman–Crippen MR) is 70.6 cm³/mol. The molecule has 0 saturated heterocycles. The van der Waals surface area contributed by atoms with Crippen molar-refractivity contribution in [3.05, 3.63) is 24.3 Å². The third-order valence-electron chi connectivity index (χ3n) is 2.37. The van der Waals surface area contributed by atoms with Gasteiger partial charge in [-0.1, -0.05) is 12.1 Å². The Hall–Kier alpha value is -1.17. The Morgan fingerprint density at radius 1 is 1.29 bits per heavy atom. The molecule has 0 atom stereocenters. The van der Waals surface area contributed by atoms with Crippen LogP contribution in [0.3, 0.4) is 0 Å². The van der Waals surface area contributed by atoms with Gasteiger partial charge in [0.1, 0.15) is 5.00 Å². The van der Waals surface area contributed by atoms with Crippen LogP contribution in [0.15, 0.2) is 24.3 Å². The van der Waals surface area contributed by atoms with Crippen molar-refractivity contribution in [1.29, 1.82) is 0 Å². The molecule has 0 aliphatic heterocycles. The first-order chi connectivity index (χ1) is 8.42. The monoisotopic (exact) mass is 252 g/mol. The number of hydrogen-bond donors (Lipinski definition) is 2. The van der Waals surface area contributed by atoms with Gasteiger partial charge in [0.25, 0.3) is 0 Å². The molecule has 92 valence electrons. The van der Waals surface area contributed by atoms with Crippen molar-refractivity contribution in [2.45, 2.75) is 6.42 Å². The van der Waals surface area contributed by atoms with E-state index in [1.807, 2.05) is 18.2 Å². The Morgan fingerprint density at radius 3 is 3.06 bits per heavy atom. The van der Waals surface area contributed by atoms with Gasteiger partial charge in [0.15, 0.2) is 0 Å². The Morgan fingerprint density at radius 2 is 2.18 bits per heavy atom. The summed E-state index contributed by atoms with van der Waals surface area (Å²) in [6.07, 6.45) is 0.923. The largest absolute Gasteiger partial charge is 0.394 e. The summed E-state index contributed by atoms with van der Waals surface area (Å²) >= 11 is 1.49. The van der Waals surface area contributed by atoms with Crippen molar-refractivity contribution in [1.82, 2.24) is 4.37 Å². The Kier molecular flexibility index (Phi) is 4.73. The molecule has 0 aliphatic rings. The fourth-order valence-electron chi connectivity index (χ4n) is 1.56. The molecule has 1 aromatic heterocycles. The minimum absolute atomic E-state index is 0.0902. The number of aromatic nitrogens is 1. The van der Waals surface area contributed by atoms with E-state index >= 15 is 0 Å². The molecule has 5 heteroatoms. The third kappa shape index (κ3) is 3.39. The molecular weight excluding hydrogens is 236 g/mol. The first-order valence-electron chi connectivity index (χ1n) is 5.68. The number of rotatable bonds is 7. The first-order valence-corrected chi connectivity index (χ1v) is 6.46. The zero-order valence-corrected chi connectivity index (χ0v) is 10.4. The summed E-state index contributed by atoms with van der Waals surface area (Å²) in [5.74, 6) is 0. The van der Waals surface area contributed by atoms with Crippen LogP contribution in [0.1, 0.15) is 6.42 Å². The average molecular weight is 252 g/mol. The highest BCUT2D eigenvalue weighted by atomic mass is 32.1. The molecule has 2 aromatic rings. The average Bonchev–Trinajstić information content (AvgIpc) is 2.77. The molecular formula is C12H16N2O2S. The molecule has 4 nitrogen and oxygen atoms in total. The summed E-state index contributed by atoms with van der Waals surface area (Å²) in [4.78, 5) is 0. The second kappa shape index (κ2) is 6.54. The maximum absolute atomic E-state index is 8.54. The van der Waals surface area contributed by atoms with Gasteiger partial charge >= 0.3 is 0 Å². The second-order valence-corrected chi connectivity index (χ2v) is 4.42. The van der Waals surface area contributed by atoms with Gasteiger partial charge in [-0.15, -0.1) is 0 Å². The van der Waals surface area contributed by atoms with Crippen molar-refractivity contribution in [3.63, 3.8) is 0 Å². The summed E-state index contributed by atoms with van der Waals surface area (Å²) in [5.41, 5.74) is 1.04. The number of nitrogens with zero attached hydrogens (tertiary/aromatic N) is 1. The molecule has 0 amide bonds. The number of benzene rings is 1. The maximum atomic E-state index is 8.54. The van der Waals surface area contributed by atoms with Gasteiger partial charge in [-0.3, -0.25) is 0 Å². The standard InChI is InChI=1S/C12H16N2O2S/c15-7-9-16-8-3-6-13-12-10-4-1-2-5-11(10)14-17-12/h1-2,4-5,13,15H,3,6-9H2. The molecule has 0 bridgehead atoms. The van der Waals surface area contributed by atoms with E-state index in [2.05, 4.69) is 15.8 Å². The molecule has 0 fully saturated rings. The van der Waals surface area contributed by atoms with E-state index in [1.54, 1.807) is 0 Å². The van der Waals surface area contributed by atoms with Crippen molar-refractivity contribution < 1.29 is 9.84 Å². The molecule has 1 heterocycles. The lowest BCUT2D eigenvalue weighted by atomic mass is 10.2. The van der Waals surface area contributed by atoms with E-state index in [-0.39, 0.29) is 6.61 Å². The van der Waals surface area contributed by atoms with Gasteiger partial charge in [-0.2, -0.15) is 4.37 Å². The third-order valence-corrected chi connectivity index (χ3v) is 3.21. The van der Waals surface area contributed by atoms with Gasteiger partial charge in [0.2, 0.25) is 0 Å². The van der Waals surface area contributed by atoms with Gasteiger partial charge in [-0.25, -0.2) is 0 Å². The summed E-state index contributed by atoms with van der Waals surface area (Å²) in [7, 11) is 0. The number of aliphatic hydroxyl groups is 1. The Balaban J connectivity index is 1.79. The number of aliphatic hydroxyl groups excluding tert-OH is 1. The lowest BCUT2D eigenvalue weighted by Gasteiger charge is -2.04. The van der Waals surface area contributed by atoms with E-state index in [1.165, 1.54) is 16.9 Å². The number of nitrogens with one attached hydrogen (secondary N) is 1. The van der Waals surface area contributed by atoms with E-state index in [0.717, 1.165) is 23.5 Å². The Bertz CT molecular complexity index is 458. The second-order valence-electron chi connectivity index (χ2n) is 3.65. The van der Waals surface area contributed by atoms with E-state index in [4.69, 9.17) is 9.84 Å². The van der Waals surface area contributed by atoms with Gasteiger partial charge in [0, 0.05) is 18.5 Å². The molecule has 2 N–H and O–H groups in total. The summed E-state index contributed by atoms with van der Waals surface area (Å²) < 4.78 is 9.55. The van der Waals surface area contributed by atoms with Gasteiger partial charge in [-0.05, 0) is 30.1 Å². The van der Waals surface area contributed by atoms with Gasteiger partial charge < -0.3 is 15.2 Å². The lowest BCUT2D eigenvalue weighted by Crippen LogP contribution is -2.06. The minimum Gasteiger partial charge on any atom is -0.394 e. The summed E-state index contributed by atoms with van der Waals surface area (Å²) in [5, 5.41) is 14.2. The van der Waals surface area contributed by atoms with Crippen LogP contribution in [0.4, 0.5) is 5.00 Å². The lowest BCUT2D eigenvalue weighted by molar-refractivity contribution is 0.0922. The van der Waals surface area contributed by atoms with Crippen LogP contribution >= 0.6 is 11.5 Å². The number of hydrogen-bond acceptors (Lipinski definition) is 5. The molecule has 0 spiro atoms. The van der Waals surface area contributed by atoms with E-state index in [9.17, 15) is 0 Å². The number of fused-ring (bicyclic) bond motifs is 1. The zero-order chi connectivity index (χ0) is 11.9. The Labute approximate surface area is 104 Å². The van der Waals surface area contributed by atoms with Crippen LogP contribution in [0.5, 0.6) is 0 Å². The molecule has 0 aliphatic carbocycles. The van der Waals surface area contributed by atoms with Crippen LogP contribution in [0.2, 0.25) is 0 Å². The van der Waals surface area contributed by atoms with Crippen LogP contribution in [0.25, 0.3) is 10.9 Å². The summed E-state index contributed by atoms with van der Waals surface area (Å²) in [6.45, 7) is 2.04. The maximum Gasteiger partial charge on any atom is 0.117 e. The van der Waals surface area contributed by atoms with Crippen LogP contribution < -0.4 is 5.32 Å². The molecule has 0 saturated carbocycles. The van der Waals surface area contributed by atoms with Crippen molar-refractivity contribution in [3.8, 4) is 0 Å². The highest BCUT2D eigenvalue weighted by Gasteiger charge is 2.03. The highest BCUT2D eigenvalue weighted by molar-refractivity contribution is 7.11. The van der Waals surface area contributed by atoms with Gasteiger partial charge in [0.05, 0.1) is 18.7 Å². The van der Waals surface area contributed by atoms with Crippen LogP contribution in [0, 0.1) is 0 Å². The van der Waals surface area contributed by atoms with Crippen molar-refractivity contribution in [2.75, 3.05) is 31.7 Å². The number of anilines is 1. The van der Waals surface area contributed by atoms with Crippen molar-refractivity contribution >= 4 is 27.4 Å². The highest BCUT2D eigenvalue weighted by Crippen LogP contribution is 2.26. The summed E-state index contributed by atoms with van der Waals surface area (Å²) in [6, 6.07) is 8.10. The first kappa shape index (κ1) is 12.3.